The molecule has 0 spiro atoms. The Morgan fingerprint density at radius 2 is 1.14 bits per heavy atom. The van der Waals surface area contributed by atoms with Crippen LogP contribution in [-0.4, -0.2) is 0 Å². The molecule has 0 atom stereocenters. The zero-order valence-corrected chi connectivity index (χ0v) is 17.1. The zero-order chi connectivity index (χ0) is 19.7. The molecular weight excluding hydrogens is 350 g/mol. The molecule has 29 heavy (non-hydrogen) atoms. The third kappa shape index (κ3) is 2.13. The van der Waals surface area contributed by atoms with Crippen molar-refractivity contribution in [3.63, 3.8) is 0 Å². The second-order valence-electron chi connectivity index (χ2n) is 8.51. The van der Waals surface area contributed by atoms with Crippen LogP contribution in [0.5, 0.6) is 0 Å². The SMILES string of the molecule is Cc1ccccc1-c1cc(C)c2c([n+]1C)C1c3ccccc3C2c2ccccc21. The molecule has 1 heterocycles. The highest BCUT2D eigenvalue weighted by atomic mass is 15.0. The normalized spacial score (nSPS) is 18.2. The van der Waals surface area contributed by atoms with Gasteiger partial charge in [0.25, 0.3) is 0 Å². The molecule has 0 radical (unpaired) electrons. The number of nitrogens with zero attached hydrogens (tertiary/aromatic N) is 1. The van der Waals surface area contributed by atoms with Crippen molar-refractivity contribution in [2.75, 3.05) is 0 Å². The van der Waals surface area contributed by atoms with E-state index >= 15 is 0 Å². The smallest absolute Gasteiger partial charge is 0.197 e. The molecule has 0 unspecified atom stereocenters. The van der Waals surface area contributed by atoms with Gasteiger partial charge in [-0.2, -0.15) is 4.57 Å². The Labute approximate surface area is 172 Å². The fourth-order valence-electron chi connectivity index (χ4n) is 5.75. The minimum Gasteiger partial charge on any atom is -0.197 e. The van der Waals surface area contributed by atoms with Crippen LogP contribution in [0.3, 0.4) is 0 Å². The second-order valence-corrected chi connectivity index (χ2v) is 8.51. The van der Waals surface area contributed by atoms with E-state index in [-0.39, 0.29) is 0 Å². The molecule has 0 saturated heterocycles. The first-order chi connectivity index (χ1) is 14.2. The summed E-state index contributed by atoms with van der Waals surface area (Å²) in [5.74, 6) is 0.634. The quantitative estimate of drug-likeness (QED) is 0.321. The fourth-order valence-corrected chi connectivity index (χ4v) is 5.75. The number of hydrogen-bond donors (Lipinski definition) is 0. The highest BCUT2D eigenvalue weighted by molar-refractivity contribution is 5.69. The highest BCUT2D eigenvalue weighted by Crippen LogP contribution is 2.55. The number of aromatic nitrogens is 1. The summed E-state index contributed by atoms with van der Waals surface area (Å²) in [5.41, 5.74) is 14.2. The Hall–Kier alpha value is -3.19. The van der Waals surface area contributed by atoms with Crippen molar-refractivity contribution in [1.82, 2.24) is 0 Å². The molecule has 3 aliphatic carbocycles. The Kier molecular flexibility index (Phi) is 3.41. The van der Waals surface area contributed by atoms with Gasteiger partial charge in [-0.1, -0.05) is 66.7 Å². The molecule has 7 rings (SSSR count). The second kappa shape index (κ2) is 5.90. The van der Waals surface area contributed by atoms with Gasteiger partial charge in [-0.15, -0.1) is 0 Å². The van der Waals surface area contributed by atoms with Gasteiger partial charge in [0.15, 0.2) is 5.69 Å². The van der Waals surface area contributed by atoms with Crippen LogP contribution in [0.1, 0.15) is 56.5 Å². The Morgan fingerprint density at radius 3 is 1.72 bits per heavy atom. The van der Waals surface area contributed by atoms with Gasteiger partial charge in [0.2, 0.25) is 5.69 Å². The minimum atomic E-state index is 0.301. The standard InChI is InChI=1S/C28H24N/c1-17-10-4-5-11-19(17)24-16-18(2)25-26-20-12-6-8-14-22(20)27(28(25)29(24)3)23-15-9-7-13-21(23)26/h4-16,26-27H,1-3H3/q+1. The summed E-state index contributed by atoms with van der Waals surface area (Å²) < 4.78 is 2.47. The third-order valence-electron chi connectivity index (χ3n) is 7.00. The van der Waals surface area contributed by atoms with E-state index in [1.54, 1.807) is 0 Å². The summed E-state index contributed by atoms with van der Waals surface area (Å²) in [5, 5.41) is 0. The largest absolute Gasteiger partial charge is 0.213 e. The number of aryl methyl sites for hydroxylation is 2. The summed E-state index contributed by atoms with van der Waals surface area (Å²) in [4.78, 5) is 0. The van der Waals surface area contributed by atoms with Gasteiger partial charge in [-0.25, -0.2) is 0 Å². The monoisotopic (exact) mass is 374 g/mol. The van der Waals surface area contributed by atoms with Gasteiger partial charge in [0.05, 0.1) is 5.92 Å². The van der Waals surface area contributed by atoms with Gasteiger partial charge < -0.3 is 0 Å². The molecule has 4 aromatic rings. The molecule has 0 fully saturated rings. The number of rotatable bonds is 1. The number of hydrogen-bond acceptors (Lipinski definition) is 0. The van der Waals surface area contributed by atoms with E-state index in [1.807, 2.05) is 0 Å². The van der Waals surface area contributed by atoms with E-state index in [4.69, 9.17) is 0 Å². The van der Waals surface area contributed by atoms with Crippen LogP contribution in [0.4, 0.5) is 0 Å². The van der Waals surface area contributed by atoms with Gasteiger partial charge in [-0.05, 0) is 53.3 Å². The summed E-state index contributed by atoms with van der Waals surface area (Å²) in [7, 11) is 2.26. The third-order valence-corrected chi connectivity index (χ3v) is 7.00. The summed E-state index contributed by atoms with van der Waals surface area (Å²) in [6, 6.07) is 29.2. The van der Waals surface area contributed by atoms with Crippen molar-refractivity contribution in [2.24, 2.45) is 7.05 Å². The van der Waals surface area contributed by atoms with E-state index in [2.05, 4.69) is 104 Å². The van der Waals surface area contributed by atoms with E-state index in [1.165, 1.54) is 55.9 Å². The first kappa shape index (κ1) is 16.7. The topological polar surface area (TPSA) is 3.88 Å². The molecule has 0 N–H and O–H groups in total. The Morgan fingerprint density at radius 1 is 0.621 bits per heavy atom. The van der Waals surface area contributed by atoms with Crippen LogP contribution < -0.4 is 4.57 Å². The van der Waals surface area contributed by atoms with Crippen molar-refractivity contribution in [1.29, 1.82) is 0 Å². The van der Waals surface area contributed by atoms with Gasteiger partial charge in [-0.3, -0.25) is 0 Å². The predicted octanol–water partition coefficient (Wildman–Crippen LogP) is 5.78. The molecule has 0 aliphatic heterocycles. The maximum absolute atomic E-state index is 2.47. The van der Waals surface area contributed by atoms with Crippen molar-refractivity contribution in [3.8, 4) is 11.3 Å². The molecule has 140 valence electrons. The van der Waals surface area contributed by atoms with E-state index in [9.17, 15) is 0 Å². The lowest BCUT2D eigenvalue weighted by Gasteiger charge is -2.40. The molecule has 0 amide bonds. The van der Waals surface area contributed by atoms with Crippen molar-refractivity contribution >= 4 is 0 Å². The Bertz CT molecular complexity index is 1250. The van der Waals surface area contributed by atoms with Crippen molar-refractivity contribution < 1.29 is 4.57 Å². The highest BCUT2D eigenvalue weighted by Gasteiger charge is 2.47. The zero-order valence-electron chi connectivity index (χ0n) is 17.1. The van der Waals surface area contributed by atoms with Crippen LogP contribution in [-0.2, 0) is 7.05 Å². The summed E-state index contributed by atoms with van der Waals surface area (Å²) >= 11 is 0. The lowest BCUT2D eigenvalue weighted by Crippen LogP contribution is -2.45. The van der Waals surface area contributed by atoms with Crippen LogP contribution >= 0.6 is 0 Å². The molecule has 1 heteroatoms. The Balaban J connectivity index is 1.71. The van der Waals surface area contributed by atoms with Crippen LogP contribution in [0.15, 0.2) is 78.9 Å². The molecule has 3 aliphatic rings. The molecule has 1 aromatic heterocycles. The molecule has 0 saturated carbocycles. The van der Waals surface area contributed by atoms with Crippen LogP contribution in [0, 0.1) is 13.8 Å². The molecule has 2 bridgehead atoms. The maximum atomic E-state index is 2.47. The summed E-state index contributed by atoms with van der Waals surface area (Å²) in [6.07, 6.45) is 0. The summed E-state index contributed by atoms with van der Waals surface area (Å²) in [6.45, 7) is 4.51. The molecular formula is C28H24N+. The minimum absolute atomic E-state index is 0.301. The van der Waals surface area contributed by atoms with Crippen molar-refractivity contribution in [2.45, 2.75) is 25.7 Å². The van der Waals surface area contributed by atoms with Crippen molar-refractivity contribution in [3.05, 3.63) is 124 Å². The average Bonchev–Trinajstić information content (AvgIpc) is 2.76. The molecule has 1 nitrogen and oxygen atoms in total. The maximum Gasteiger partial charge on any atom is 0.213 e. The van der Waals surface area contributed by atoms with Gasteiger partial charge >= 0.3 is 0 Å². The van der Waals surface area contributed by atoms with Crippen LogP contribution in [0.25, 0.3) is 11.3 Å². The van der Waals surface area contributed by atoms with E-state index < -0.39 is 0 Å². The first-order valence-corrected chi connectivity index (χ1v) is 10.4. The number of pyridine rings is 1. The van der Waals surface area contributed by atoms with Crippen LogP contribution in [0.2, 0.25) is 0 Å². The lowest BCUT2D eigenvalue weighted by molar-refractivity contribution is -0.669. The molecule has 3 aromatic carbocycles. The first-order valence-electron chi connectivity index (χ1n) is 10.4. The predicted molar refractivity (Wildman–Crippen MR) is 117 cm³/mol. The van der Waals surface area contributed by atoms with Gasteiger partial charge in [0.1, 0.15) is 7.05 Å². The number of benzene rings is 3. The fraction of sp³-hybridized carbons (Fsp3) is 0.179. The average molecular weight is 375 g/mol. The van der Waals surface area contributed by atoms with E-state index in [0.717, 1.165) is 0 Å². The lowest BCUT2D eigenvalue weighted by atomic mass is 9.61. The van der Waals surface area contributed by atoms with Gasteiger partial charge in [0, 0.05) is 23.1 Å². The van der Waals surface area contributed by atoms with E-state index in [0.29, 0.717) is 11.8 Å².